The van der Waals surface area contributed by atoms with E-state index in [0.29, 0.717) is 5.41 Å². The molecule has 2 saturated carbocycles. The second-order valence-corrected chi connectivity index (χ2v) is 6.70. The van der Waals surface area contributed by atoms with Crippen molar-refractivity contribution in [2.45, 2.75) is 58.8 Å². The van der Waals surface area contributed by atoms with Gasteiger partial charge in [0.1, 0.15) is 0 Å². The quantitative estimate of drug-likeness (QED) is 0.666. The third-order valence-corrected chi connectivity index (χ3v) is 5.29. The molecule has 0 radical (unpaired) electrons. The molecule has 0 aliphatic heterocycles. The largest absolute Gasteiger partial charge is 0.257 e. The van der Waals surface area contributed by atoms with Crippen molar-refractivity contribution in [3.05, 3.63) is 29.8 Å². The van der Waals surface area contributed by atoms with Crippen LogP contribution in [0.3, 0.4) is 0 Å². The zero-order valence-electron chi connectivity index (χ0n) is 12.3. The molecule has 0 bridgehead atoms. The minimum atomic E-state index is 0.540. The Labute approximate surface area is 117 Å². The van der Waals surface area contributed by atoms with Crippen LogP contribution in [-0.4, -0.2) is 5.71 Å². The molecule has 1 aromatic carbocycles. The van der Waals surface area contributed by atoms with Gasteiger partial charge in [0.15, 0.2) is 0 Å². The van der Waals surface area contributed by atoms with Gasteiger partial charge in [0.25, 0.3) is 0 Å². The van der Waals surface area contributed by atoms with Crippen molar-refractivity contribution in [2.24, 2.45) is 16.3 Å². The van der Waals surface area contributed by atoms with Gasteiger partial charge in [-0.1, -0.05) is 38.0 Å². The predicted molar refractivity (Wildman–Crippen MR) is 82.2 cm³/mol. The van der Waals surface area contributed by atoms with Gasteiger partial charge in [0.05, 0.1) is 5.69 Å². The second-order valence-electron chi connectivity index (χ2n) is 6.70. The molecular weight excluding hydrogens is 230 g/mol. The standard InChI is InChI=1S/C18H25N/c1-14-8-3-4-10-16(14)19-17-11-7-9-15(17)18(2)12-5-6-13-18/h3-4,8,10,15H,5-7,9,11-13H2,1-2H3. The van der Waals surface area contributed by atoms with Gasteiger partial charge < -0.3 is 0 Å². The van der Waals surface area contributed by atoms with Crippen molar-refractivity contribution < 1.29 is 0 Å². The molecule has 2 aliphatic carbocycles. The Morgan fingerprint density at radius 2 is 1.84 bits per heavy atom. The minimum Gasteiger partial charge on any atom is -0.257 e. The lowest BCUT2D eigenvalue weighted by Crippen LogP contribution is -2.27. The molecule has 0 aromatic heterocycles. The molecular formula is C18H25N. The van der Waals surface area contributed by atoms with Crippen LogP contribution in [0.2, 0.25) is 0 Å². The van der Waals surface area contributed by atoms with Crippen molar-refractivity contribution >= 4 is 11.4 Å². The van der Waals surface area contributed by atoms with E-state index in [2.05, 4.69) is 38.1 Å². The molecule has 3 rings (SSSR count). The molecule has 1 atom stereocenters. The van der Waals surface area contributed by atoms with Crippen molar-refractivity contribution in [1.82, 2.24) is 0 Å². The van der Waals surface area contributed by atoms with E-state index in [9.17, 15) is 0 Å². The van der Waals surface area contributed by atoms with Gasteiger partial charge in [-0.05, 0) is 56.1 Å². The number of hydrogen-bond donors (Lipinski definition) is 0. The highest BCUT2D eigenvalue weighted by Gasteiger charge is 2.41. The first kappa shape index (κ1) is 12.9. The van der Waals surface area contributed by atoms with Crippen LogP contribution >= 0.6 is 0 Å². The Morgan fingerprint density at radius 1 is 1.11 bits per heavy atom. The molecule has 1 aromatic rings. The van der Waals surface area contributed by atoms with Crippen molar-refractivity contribution in [1.29, 1.82) is 0 Å². The summed E-state index contributed by atoms with van der Waals surface area (Å²) in [6.07, 6.45) is 9.57. The minimum absolute atomic E-state index is 0.540. The SMILES string of the molecule is Cc1ccccc1N=C1CCCC1C1(C)CCCC1. The molecule has 0 spiro atoms. The van der Waals surface area contributed by atoms with Gasteiger partial charge in [-0.25, -0.2) is 0 Å². The van der Waals surface area contributed by atoms with Crippen LogP contribution in [0.4, 0.5) is 5.69 Å². The number of aryl methyl sites for hydroxylation is 1. The summed E-state index contributed by atoms with van der Waals surface area (Å²) in [6, 6.07) is 8.53. The first-order chi connectivity index (χ1) is 9.19. The number of para-hydroxylation sites is 1. The zero-order chi connectivity index (χ0) is 13.3. The first-order valence-electron chi connectivity index (χ1n) is 7.82. The van der Waals surface area contributed by atoms with Crippen LogP contribution in [0, 0.1) is 18.3 Å². The lowest BCUT2D eigenvalue weighted by atomic mass is 9.74. The molecule has 1 nitrogen and oxygen atoms in total. The average Bonchev–Trinajstić information content (AvgIpc) is 3.02. The number of aliphatic imine (C=N–C) groups is 1. The molecule has 0 amide bonds. The summed E-state index contributed by atoms with van der Waals surface area (Å²) in [4.78, 5) is 5.05. The van der Waals surface area contributed by atoms with Gasteiger partial charge in [-0.15, -0.1) is 0 Å². The third-order valence-electron chi connectivity index (χ3n) is 5.29. The van der Waals surface area contributed by atoms with E-state index in [0.717, 1.165) is 5.92 Å². The maximum atomic E-state index is 5.05. The maximum Gasteiger partial charge on any atom is 0.0658 e. The van der Waals surface area contributed by atoms with E-state index in [1.165, 1.54) is 61.9 Å². The summed E-state index contributed by atoms with van der Waals surface area (Å²) in [5.41, 5.74) is 4.51. The van der Waals surface area contributed by atoms with Crippen LogP contribution < -0.4 is 0 Å². The highest BCUT2D eigenvalue weighted by molar-refractivity contribution is 5.91. The summed E-state index contributed by atoms with van der Waals surface area (Å²) >= 11 is 0. The van der Waals surface area contributed by atoms with Gasteiger partial charge >= 0.3 is 0 Å². The molecule has 0 saturated heterocycles. The third kappa shape index (κ3) is 2.48. The Kier molecular flexibility index (Phi) is 3.47. The van der Waals surface area contributed by atoms with Gasteiger partial charge in [0.2, 0.25) is 0 Å². The zero-order valence-corrected chi connectivity index (χ0v) is 12.3. The van der Waals surface area contributed by atoms with E-state index >= 15 is 0 Å². The lowest BCUT2D eigenvalue weighted by molar-refractivity contribution is 0.252. The Morgan fingerprint density at radius 3 is 2.58 bits per heavy atom. The highest BCUT2D eigenvalue weighted by Crippen LogP contribution is 2.49. The van der Waals surface area contributed by atoms with Crippen LogP contribution in [0.1, 0.15) is 57.4 Å². The Bertz CT molecular complexity index is 480. The van der Waals surface area contributed by atoms with E-state index in [1.807, 2.05) is 0 Å². The predicted octanol–water partition coefficient (Wildman–Crippen LogP) is 5.45. The lowest BCUT2D eigenvalue weighted by Gasteiger charge is -2.31. The number of nitrogens with zero attached hydrogens (tertiary/aromatic N) is 1. The Hall–Kier alpha value is -1.11. The summed E-state index contributed by atoms with van der Waals surface area (Å²) in [6.45, 7) is 4.67. The molecule has 2 aliphatic rings. The van der Waals surface area contributed by atoms with Gasteiger partial charge in [-0.2, -0.15) is 0 Å². The monoisotopic (exact) mass is 255 g/mol. The average molecular weight is 255 g/mol. The van der Waals surface area contributed by atoms with Gasteiger partial charge in [-0.3, -0.25) is 4.99 Å². The van der Waals surface area contributed by atoms with Crippen LogP contribution in [-0.2, 0) is 0 Å². The summed E-state index contributed by atoms with van der Waals surface area (Å²) in [7, 11) is 0. The van der Waals surface area contributed by atoms with Crippen molar-refractivity contribution in [3.63, 3.8) is 0 Å². The number of rotatable bonds is 2. The van der Waals surface area contributed by atoms with Crippen LogP contribution in [0.5, 0.6) is 0 Å². The molecule has 19 heavy (non-hydrogen) atoms. The smallest absolute Gasteiger partial charge is 0.0658 e. The van der Waals surface area contributed by atoms with Crippen LogP contribution in [0.25, 0.3) is 0 Å². The summed E-state index contributed by atoms with van der Waals surface area (Å²) in [5, 5.41) is 0. The van der Waals surface area contributed by atoms with Crippen molar-refractivity contribution in [3.8, 4) is 0 Å². The normalized spacial score (nSPS) is 28.1. The summed E-state index contributed by atoms with van der Waals surface area (Å²) < 4.78 is 0. The van der Waals surface area contributed by atoms with E-state index < -0.39 is 0 Å². The summed E-state index contributed by atoms with van der Waals surface area (Å²) in [5.74, 6) is 0.745. The molecule has 1 unspecified atom stereocenters. The fraction of sp³-hybridized carbons (Fsp3) is 0.611. The second kappa shape index (κ2) is 5.11. The number of hydrogen-bond acceptors (Lipinski definition) is 1. The molecule has 102 valence electrons. The molecule has 1 heteroatoms. The van der Waals surface area contributed by atoms with Crippen molar-refractivity contribution in [2.75, 3.05) is 0 Å². The molecule has 2 fully saturated rings. The van der Waals surface area contributed by atoms with E-state index in [1.54, 1.807) is 0 Å². The number of benzene rings is 1. The van der Waals surface area contributed by atoms with E-state index in [-0.39, 0.29) is 0 Å². The molecule has 0 heterocycles. The van der Waals surface area contributed by atoms with E-state index in [4.69, 9.17) is 4.99 Å². The van der Waals surface area contributed by atoms with Gasteiger partial charge in [0, 0.05) is 11.6 Å². The topological polar surface area (TPSA) is 12.4 Å². The maximum absolute atomic E-state index is 5.05. The fourth-order valence-electron chi connectivity index (χ4n) is 4.09. The van der Waals surface area contributed by atoms with Crippen LogP contribution in [0.15, 0.2) is 29.3 Å². The fourth-order valence-corrected chi connectivity index (χ4v) is 4.09. The highest BCUT2D eigenvalue weighted by atomic mass is 14.8. The first-order valence-corrected chi connectivity index (χ1v) is 7.82. The Balaban J connectivity index is 1.89. The molecule has 0 N–H and O–H groups in total.